The molecule has 2 rings (SSSR count). The van der Waals surface area contributed by atoms with E-state index >= 15 is 0 Å². The van der Waals surface area contributed by atoms with E-state index in [9.17, 15) is 4.21 Å². The van der Waals surface area contributed by atoms with Gasteiger partial charge in [0, 0.05) is 24.8 Å². The first-order chi connectivity index (χ1) is 8.44. The lowest BCUT2D eigenvalue weighted by molar-refractivity contribution is 0.00879. The standard InChI is InChI=1S/C14H25NO2S/c1-13(2,3)18(16)15-11-14(7-4-8-14)12-5-9-17-10-6-12/h11-12H,4-10H2,1-3H3/b15-11-/t18-/m0/s1. The Kier molecular flexibility index (Phi) is 4.27. The zero-order valence-corrected chi connectivity index (χ0v) is 12.6. The summed E-state index contributed by atoms with van der Waals surface area (Å²) in [5.41, 5.74) is 0.227. The van der Waals surface area contributed by atoms with Crippen molar-refractivity contribution in [2.24, 2.45) is 15.7 Å². The molecule has 0 radical (unpaired) electrons. The number of nitrogens with zero attached hydrogens (tertiary/aromatic N) is 1. The molecule has 3 nitrogen and oxygen atoms in total. The first-order valence-electron chi connectivity index (χ1n) is 6.99. The van der Waals surface area contributed by atoms with Gasteiger partial charge in [-0.15, -0.1) is 0 Å². The van der Waals surface area contributed by atoms with Crippen molar-refractivity contribution in [3.63, 3.8) is 0 Å². The van der Waals surface area contributed by atoms with E-state index in [2.05, 4.69) is 4.40 Å². The maximum atomic E-state index is 12.0. The van der Waals surface area contributed by atoms with Crippen LogP contribution in [0.25, 0.3) is 0 Å². The van der Waals surface area contributed by atoms with Crippen LogP contribution in [0, 0.1) is 11.3 Å². The van der Waals surface area contributed by atoms with Crippen LogP contribution in [0.2, 0.25) is 0 Å². The molecular formula is C14H25NO2S. The Hall–Kier alpha value is -0.220. The molecule has 1 heterocycles. The maximum absolute atomic E-state index is 12.0. The molecule has 1 saturated carbocycles. The lowest BCUT2D eigenvalue weighted by Gasteiger charge is -2.46. The molecule has 1 aliphatic heterocycles. The van der Waals surface area contributed by atoms with Gasteiger partial charge in [-0.2, -0.15) is 4.40 Å². The summed E-state index contributed by atoms with van der Waals surface area (Å²) in [6.07, 6.45) is 8.01. The zero-order chi connectivity index (χ0) is 13.2. The van der Waals surface area contributed by atoms with E-state index in [0.29, 0.717) is 5.92 Å². The van der Waals surface area contributed by atoms with Crippen molar-refractivity contribution in [3.8, 4) is 0 Å². The normalized spacial score (nSPS) is 27.1. The molecule has 0 spiro atoms. The Bertz CT molecular complexity index is 336. The van der Waals surface area contributed by atoms with Gasteiger partial charge in [-0.05, 0) is 52.4 Å². The minimum Gasteiger partial charge on any atom is -0.381 e. The largest absolute Gasteiger partial charge is 0.381 e. The molecule has 0 unspecified atom stereocenters. The van der Waals surface area contributed by atoms with Crippen molar-refractivity contribution in [2.45, 2.75) is 57.6 Å². The first kappa shape index (κ1) is 14.2. The van der Waals surface area contributed by atoms with Gasteiger partial charge in [0.2, 0.25) is 0 Å². The molecule has 2 aliphatic rings. The van der Waals surface area contributed by atoms with Crippen LogP contribution in [-0.2, 0) is 15.7 Å². The van der Waals surface area contributed by atoms with E-state index in [1.807, 2.05) is 27.0 Å². The fraction of sp³-hybridized carbons (Fsp3) is 0.929. The smallest absolute Gasteiger partial charge is 0.144 e. The van der Waals surface area contributed by atoms with Crippen molar-refractivity contribution in [2.75, 3.05) is 13.2 Å². The van der Waals surface area contributed by atoms with Crippen LogP contribution in [0.1, 0.15) is 52.9 Å². The van der Waals surface area contributed by atoms with E-state index in [4.69, 9.17) is 4.74 Å². The molecule has 0 amide bonds. The molecule has 1 aliphatic carbocycles. The Labute approximate surface area is 113 Å². The molecule has 0 N–H and O–H groups in total. The van der Waals surface area contributed by atoms with Gasteiger partial charge in [0.1, 0.15) is 11.0 Å². The third kappa shape index (κ3) is 3.02. The van der Waals surface area contributed by atoms with Crippen LogP contribution in [0.5, 0.6) is 0 Å². The molecule has 0 aromatic carbocycles. The molecule has 0 aromatic rings. The summed E-state index contributed by atoms with van der Waals surface area (Å²) in [7, 11) is -1.12. The van der Waals surface area contributed by atoms with Gasteiger partial charge >= 0.3 is 0 Å². The van der Waals surface area contributed by atoms with Gasteiger partial charge in [0.25, 0.3) is 0 Å². The number of hydrogen-bond acceptors (Lipinski definition) is 2. The molecular weight excluding hydrogens is 246 g/mol. The quantitative estimate of drug-likeness (QED) is 0.740. The molecule has 1 saturated heterocycles. The van der Waals surface area contributed by atoms with E-state index < -0.39 is 11.0 Å². The number of ether oxygens (including phenoxy) is 1. The molecule has 1 atom stereocenters. The van der Waals surface area contributed by atoms with Crippen LogP contribution in [0.4, 0.5) is 0 Å². The molecule has 18 heavy (non-hydrogen) atoms. The molecule has 0 bridgehead atoms. The van der Waals surface area contributed by atoms with Gasteiger partial charge in [-0.3, -0.25) is 0 Å². The van der Waals surface area contributed by atoms with Gasteiger partial charge in [-0.1, -0.05) is 6.42 Å². The van der Waals surface area contributed by atoms with Crippen LogP contribution < -0.4 is 0 Å². The Morgan fingerprint density at radius 3 is 2.33 bits per heavy atom. The van der Waals surface area contributed by atoms with E-state index in [0.717, 1.165) is 26.1 Å². The summed E-state index contributed by atoms with van der Waals surface area (Å²) in [4.78, 5) is 0. The lowest BCUT2D eigenvalue weighted by Crippen LogP contribution is -2.42. The highest BCUT2D eigenvalue weighted by Crippen LogP contribution is 2.49. The van der Waals surface area contributed by atoms with E-state index in [1.54, 1.807) is 0 Å². The van der Waals surface area contributed by atoms with Crippen LogP contribution in [0.15, 0.2) is 4.40 Å². The summed E-state index contributed by atoms with van der Waals surface area (Å²) < 4.78 is 21.6. The fourth-order valence-corrected chi connectivity index (χ4v) is 3.43. The van der Waals surface area contributed by atoms with Crippen LogP contribution >= 0.6 is 0 Å². The van der Waals surface area contributed by atoms with Gasteiger partial charge < -0.3 is 4.74 Å². The van der Waals surface area contributed by atoms with Gasteiger partial charge in [0.05, 0.1) is 4.75 Å². The van der Waals surface area contributed by atoms with E-state index in [1.165, 1.54) is 19.3 Å². The van der Waals surface area contributed by atoms with Crippen LogP contribution in [0.3, 0.4) is 0 Å². The summed E-state index contributed by atoms with van der Waals surface area (Å²) in [6, 6.07) is 0. The fourth-order valence-electron chi connectivity index (χ4n) is 2.81. The Balaban J connectivity index is 2.04. The lowest BCUT2D eigenvalue weighted by atomic mass is 9.60. The summed E-state index contributed by atoms with van der Waals surface area (Å²) in [6.45, 7) is 7.68. The maximum Gasteiger partial charge on any atom is 0.144 e. The van der Waals surface area contributed by atoms with Crippen molar-refractivity contribution in [1.82, 2.24) is 0 Å². The average Bonchev–Trinajstić information content (AvgIpc) is 2.27. The van der Waals surface area contributed by atoms with Gasteiger partial charge in [0.15, 0.2) is 0 Å². The second kappa shape index (κ2) is 5.41. The minimum absolute atomic E-state index is 0.227. The van der Waals surface area contributed by atoms with E-state index in [-0.39, 0.29) is 10.2 Å². The highest BCUT2D eigenvalue weighted by atomic mass is 32.2. The first-order valence-corrected chi connectivity index (χ1v) is 8.10. The average molecular weight is 271 g/mol. The molecule has 2 fully saturated rings. The highest BCUT2D eigenvalue weighted by molar-refractivity contribution is 7.85. The van der Waals surface area contributed by atoms with Crippen molar-refractivity contribution >= 4 is 17.2 Å². The second-order valence-electron chi connectivity index (χ2n) is 6.57. The molecule has 4 heteroatoms. The third-order valence-electron chi connectivity index (χ3n) is 4.25. The van der Waals surface area contributed by atoms with Crippen LogP contribution in [-0.4, -0.2) is 28.4 Å². The van der Waals surface area contributed by atoms with Gasteiger partial charge in [-0.25, -0.2) is 4.21 Å². The Morgan fingerprint density at radius 1 is 1.28 bits per heavy atom. The predicted octanol–water partition coefficient (Wildman–Crippen LogP) is 3.12. The summed E-state index contributed by atoms with van der Waals surface area (Å²) in [5, 5.41) is 0. The molecule has 0 aromatic heterocycles. The number of rotatable bonds is 3. The Morgan fingerprint density at radius 2 is 1.89 bits per heavy atom. The number of hydrogen-bond donors (Lipinski definition) is 0. The minimum atomic E-state index is -1.12. The predicted molar refractivity (Wildman–Crippen MR) is 76.2 cm³/mol. The molecule has 104 valence electrons. The third-order valence-corrected chi connectivity index (χ3v) is 5.59. The van der Waals surface area contributed by atoms with Crippen molar-refractivity contribution < 1.29 is 8.95 Å². The second-order valence-corrected chi connectivity index (χ2v) is 8.50. The SMILES string of the molecule is CC(C)(C)[S@](=O)/N=C\C1(C2CCOCC2)CCC1. The highest BCUT2D eigenvalue weighted by Gasteiger charge is 2.43. The topological polar surface area (TPSA) is 38.7 Å². The summed E-state index contributed by atoms with van der Waals surface area (Å²) >= 11 is 0. The van der Waals surface area contributed by atoms with Crippen molar-refractivity contribution in [3.05, 3.63) is 0 Å². The monoisotopic (exact) mass is 271 g/mol. The summed E-state index contributed by atoms with van der Waals surface area (Å²) in [5.74, 6) is 0.681. The van der Waals surface area contributed by atoms with Crippen molar-refractivity contribution in [1.29, 1.82) is 0 Å². The zero-order valence-electron chi connectivity index (χ0n) is 11.8.